The highest BCUT2D eigenvalue weighted by molar-refractivity contribution is 7.85. The van der Waals surface area contributed by atoms with Crippen LogP contribution in [0.15, 0.2) is 101 Å². The zero-order chi connectivity index (χ0) is 38.0. The molecule has 1 fully saturated rings. The van der Waals surface area contributed by atoms with Gasteiger partial charge in [0.2, 0.25) is 0 Å². The lowest BCUT2D eigenvalue weighted by Gasteiger charge is -2.39. The van der Waals surface area contributed by atoms with Crippen LogP contribution in [0.3, 0.4) is 0 Å². The minimum absolute atomic E-state index is 0.0174. The van der Waals surface area contributed by atoms with Crippen molar-refractivity contribution in [1.82, 2.24) is 24.2 Å². The normalized spacial score (nSPS) is 15.9. The van der Waals surface area contributed by atoms with Crippen LogP contribution in [0.5, 0.6) is 0 Å². The predicted molar refractivity (Wildman–Crippen MR) is 185 cm³/mol. The highest BCUT2D eigenvalue weighted by Crippen LogP contribution is 2.33. The zero-order valence-electron chi connectivity index (χ0n) is 28.7. The molecule has 0 bridgehead atoms. The number of aromatic nitrogens is 4. The molecule has 1 aliphatic carbocycles. The lowest BCUT2D eigenvalue weighted by molar-refractivity contribution is -0.874. The predicted octanol–water partition coefficient (Wildman–Crippen LogP) is 5.32. The van der Waals surface area contributed by atoms with Crippen LogP contribution in [0.25, 0.3) is 22.8 Å². The van der Waals surface area contributed by atoms with E-state index in [1.807, 2.05) is 0 Å². The number of carbonyl (C=O) groups is 1. The zero-order valence-corrected chi connectivity index (χ0v) is 29.5. The molecule has 2 heterocycles. The van der Waals surface area contributed by atoms with E-state index in [9.17, 15) is 41.0 Å². The van der Waals surface area contributed by atoms with Gasteiger partial charge in [-0.3, -0.25) is 4.57 Å². The van der Waals surface area contributed by atoms with E-state index in [-0.39, 0.29) is 28.0 Å². The van der Waals surface area contributed by atoms with Crippen molar-refractivity contribution in [3.63, 3.8) is 0 Å². The number of benzene rings is 3. The molecular weight excluding hydrogens is 700 g/mol. The van der Waals surface area contributed by atoms with Crippen LogP contribution in [0.4, 0.5) is 18.0 Å². The van der Waals surface area contributed by atoms with Gasteiger partial charge in [0.25, 0.3) is 0 Å². The third-order valence-corrected chi connectivity index (χ3v) is 9.30. The SMILES string of the molecule is Cc1c(-c2ccnn2-c2ccc(C#N)cc2)n(C(=O)N[C@H]2C[C@@H](C[N+](C)(C)C)C2)c(=O)n1-c1cccc(C(F)(F)F)c1.O=S(=O)([O-])c1ccccc1. The fourth-order valence-corrected chi connectivity index (χ4v) is 6.68. The van der Waals surface area contributed by atoms with Gasteiger partial charge in [0.1, 0.15) is 15.8 Å². The molecule has 16 heteroatoms. The van der Waals surface area contributed by atoms with Gasteiger partial charge in [-0.05, 0) is 80.4 Å². The van der Waals surface area contributed by atoms with Gasteiger partial charge < -0.3 is 14.4 Å². The summed E-state index contributed by atoms with van der Waals surface area (Å²) in [6.07, 6.45) is -1.58. The smallest absolute Gasteiger partial charge is 0.416 e. The van der Waals surface area contributed by atoms with E-state index in [1.165, 1.54) is 47.3 Å². The van der Waals surface area contributed by atoms with Crippen molar-refractivity contribution in [2.45, 2.75) is 36.9 Å². The maximum atomic E-state index is 13.9. The van der Waals surface area contributed by atoms with Gasteiger partial charge in [-0.1, -0.05) is 24.3 Å². The van der Waals surface area contributed by atoms with Crippen molar-refractivity contribution < 1.29 is 35.4 Å². The van der Waals surface area contributed by atoms with Crippen LogP contribution in [0.2, 0.25) is 0 Å². The molecule has 1 amide bonds. The van der Waals surface area contributed by atoms with Crippen molar-refractivity contribution >= 4 is 16.1 Å². The standard InChI is InChI=1S/C30H30F3N7O2.C6H6O3S/c1-19-27(26-12-13-35-39(26)24-10-8-20(17-34)9-11-24)38(28(41)36-23-14-21(15-23)18-40(2,3)4)29(42)37(19)25-7-5-6-22(16-25)30(31,32)33;7-10(8,9)6-4-2-1-3-5-6/h5-13,16,21,23H,14-15,18H2,1-4H3;1-5H,(H,7,8,9)/t21-,23+;. The Morgan fingerprint density at radius 3 is 2.21 bits per heavy atom. The second-order valence-electron chi connectivity index (χ2n) is 13.4. The average molecular weight is 736 g/mol. The van der Waals surface area contributed by atoms with Crippen LogP contribution in [0, 0.1) is 24.2 Å². The first-order valence-electron chi connectivity index (χ1n) is 16.1. The first kappa shape index (κ1) is 37.7. The van der Waals surface area contributed by atoms with Crippen molar-refractivity contribution in [3.8, 4) is 28.8 Å². The molecule has 0 aliphatic heterocycles. The Hall–Kier alpha value is -5.50. The van der Waals surface area contributed by atoms with Crippen molar-refractivity contribution in [2.75, 3.05) is 27.7 Å². The largest absolute Gasteiger partial charge is 0.744 e. The monoisotopic (exact) mass is 735 g/mol. The molecule has 6 rings (SSSR count). The summed E-state index contributed by atoms with van der Waals surface area (Å²) in [6, 6.07) is 21.1. The summed E-state index contributed by atoms with van der Waals surface area (Å²) in [4.78, 5) is 27.4. The summed E-state index contributed by atoms with van der Waals surface area (Å²) < 4.78 is 75.9. The van der Waals surface area contributed by atoms with Gasteiger partial charge in [-0.2, -0.15) is 23.5 Å². The molecule has 272 valence electrons. The van der Waals surface area contributed by atoms with Gasteiger partial charge in [0.05, 0.1) is 78.7 Å². The Kier molecular flexibility index (Phi) is 10.6. The van der Waals surface area contributed by atoms with E-state index in [2.05, 4.69) is 37.6 Å². The first-order chi connectivity index (χ1) is 24.4. The molecule has 12 nitrogen and oxygen atoms in total. The lowest BCUT2D eigenvalue weighted by Crippen LogP contribution is -2.52. The van der Waals surface area contributed by atoms with E-state index in [4.69, 9.17) is 0 Å². The number of halogens is 3. The Morgan fingerprint density at radius 1 is 1.00 bits per heavy atom. The number of carbonyl (C=O) groups excluding carboxylic acids is 1. The molecule has 2 aromatic heterocycles. The van der Waals surface area contributed by atoms with Crippen LogP contribution in [-0.4, -0.2) is 76.1 Å². The quantitative estimate of drug-likeness (QED) is 0.175. The number of hydrogen-bond acceptors (Lipinski definition) is 7. The molecule has 0 unspecified atom stereocenters. The fourth-order valence-electron chi connectivity index (χ4n) is 6.19. The third kappa shape index (κ3) is 8.51. The van der Waals surface area contributed by atoms with Crippen molar-refractivity contribution in [2.24, 2.45) is 5.92 Å². The van der Waals surface area contributed by atoms with Crippen LogP contribution in [0.1, 0.15) is 29.7 Å². The number of nitrogens with zero attached hydrogens (tertiary/aromatic N) is 6. The molecule has 1 N–H and O–H groups in total. The van der Waals surface area contributed by atoms with E-state index in [0.717, 1.165) is 45.1 Å². The molecule has 0 saturated heterocycles. The number of alkyl halides is 3. The Morgan fingerprint density at radius 2 is 1.65 bits per heavy atom. The van der Waals surface area contributed by atoms with Crippen molar-refractivity contribution in [3.05, 3.63) is 118 Å². The van der Waals surface area contributed by atoms with Crippen LogP contribution < -0.4 is 11.0 Å². The Bertz CT molecular complexity index is 2280. The molecule has 5 aromatic rings. The number of nitrogens with one attached hydrogen (secondary N) is 1. The molecule has 1 aliphatic rings. The molecular formula is C36H36F3N7O5S. The minimum Gasteiger partial charge on any atom is -0.744 e. The van der Waals surface area contributed by atoms with E-state index >= 15 is 0 Å². The maximum Gasteiger partial charge on any atom is 0.416 e. The number of rotatable bonds is 7. The third-order valence-electron chi connectivity index (χ3n) is 8.45. The van der Waals surface area contributed by atoms with Crippen LogP contribution in [-0.2, 0) is 16.3 Å². The van der Waals surface area contributed by atoms with Crippen LogP contribution >= 0.6 is 0 Å². The summed E-state index contributed by atoms with van der Waals surface area (Å²) in [5.74, 6) is 0.431. The summed E-state index contributed by atoms with van der Waals surface area (Å²) in [6.45, 7) is 2.53. The van der Waals surface area contributed by atoms with Gasteiger partial charge in [-0.25, -0.2) is 27.3 Å². The summed E-state index contributed by atoms with van der Waals surface area (Å²) in [5, 5.41) is 16.5. The molecule has 0 spiro atoms. The Labute approximate surface area is 298 Å². The van der Waals surface area contributed by atoms with Crippen molar-refractivity contribution in [1.29, 1.82) is 5.26 Å². The highest BCUT2D eigenvalue weighted by atomic mass is 32.2. The average Bonchev–Trinajstić information content (AvgIpc) is 3.64. The number of imidazole rings is 1. The molecule has 52 heavy (non-hydrogen) atoms. The summed E-state index contributed by atoms with van der Waals surface area (Å²) >= 11 is 0. The van der Waals surface area contributed by atoms with E-state index in [1.54, 1.807) is 43.3 Å². The topological polar surface area (TPSA) is 155 Å². The van der Waals surface area contributed by atoms with Gasteiger partial charge in [0, 0.05) is 12.0 Å². The number of hydrogen-bond donors (Lipinski definition) is 1. The molecule has 0 atom stereocenters. The second kappa shape index (κ2) is 14.6. The highest BCUT2D eigenvalue weighted by Gasteiger charge is 2.36. The number of amides is 1. The maximum absolute atomic E-state index is 13.9. The molecule has 1 saturated carbocycles. The van der Waals surface area contributed by atoms with E-state index in [0.29, 0.717) is 22.9 Å². The molecule has 3 aromatic carbocycles. The summed E-state index contributed by atoms with van der Waals surface area (Å²) in [7, 11) is 2.06. The lowest BCUT2D eigenvalue weighted by atomic mass is 9.79. The van der Waals surface area contributed by atoms with Gasteiger partial charge in [-0.15, -0.1) is 0 Å². The number of quaternary nitrogens is 1. The van der Waals surface area contributed by atoms with Gasteiger partial charge in [0.15, 0.2) is 0 Å². The fraction of sp³-hybridized carbons (Fsp3) is 0.278. The molecule has 0 radical (unpaired) electrons. The summed E-state index contributed by atoms with van der Waals surface area (Å²) in [5.41, 5.74) is 0.129. The van der Waals surface area contributed by atoms with Gasteiger partial charge >= 0.3 is 17.9 Å². The number of nitriles is 1. The first-order valence-corrected chi connectivity index (χ1v) is 17.5. The Balaban J connectivity index is 0.000000452. The second-order valence-corrected chi connectivity index (χ2v) is 14.8. The van der Waals surface area contributed by atoms with E-state index < -0.39 is 33.6 Å². The minimum atomic E-state index is -4.61.